The van der Waals surface area contributed by atoms with Gasteiger partial charge < -0.3 is 10.6 Å². The highest BCUT2D eigenvalue weighted by atomic mass is 35.5. The second-order valence-corrected chi connectivity index (χ2v) is 6.67. The molecular formula is C19H16Cl2N4O. The summed E-state index contributed by atoms with van der Waals surface area (Å²) in [6, 6.07) is 11.0. The zero-order valence-corrected chi connectivity index (χ0v) is 15.7. The average Bonchev–Trinajstić information content (AvgIpc) is 2.58. The normalized spacial score (nSPS) is 10.5. The number of hydrogen-bond acceptors (Lipinski definition) is 4. The molecule has 0 saturated carbocycles. The lowest BCUT2D eigenvalue weighted by Gasteiger charge is -2.11. The first-order chi connectivity index (χ1) is 12.4. The van der Waals surface area contributed by atoms with Crippen LogP contribution in [0.5, 0.6) is 0 Å². The van der Waals surface area contributed by atoms with Crippen molar-refractivity contribution >= 4 is 46.4 Å². The van der Waals surface area contributed by atoms with Crippen LogP contribution in [0, 0.1) is 13.8 Å². The molecule has 0 unspecified atom stereocenters. The molecule has 1 amide bonds. The van der Waals surface area contributed by atoms with Crippen molar-refractivity contribution < 1.29 is 4.79 Å². The van der Waals surface area contributed by atoms with Crippen LogP contribution in [0.2, 0.25) is 10.0 Å². The zero-order valence-electron chi connectivity index (χ0n) is 14.2. The van der Waals surface area contributed by atoms with Gasteiger partial charge >= 0.3 is 0 Å². The van der Waals surface area contributed by atoms with E-state index in [2.05, 4.69) is 20.6 Å². The van der Waals surface area contributed by atoms with Crippen molar-refractivity contribution in [3.63, 3.8) is 0 Å². The molecular weight excluding hydrogens is 371 g/mol. The number of carbonyl (C=O) groups excluding carboxylic acids is 1. The molecule has 0 fully saturated rings. The summed E-state index contributed by atoms with van der Waals surface area (Å²) >= 11 is 12.2. The van der Waals surface area contributed by atoms with Crippen LogP contribution in [0.3, 0.4) is 0 Å². The van der Waals surface area contributed by atoms with E-state index in [4.69, 9.17) is 23.2 Å². The summed E-state index contributed by atoms with van der Waals surface area (Å²) in [6.07, 6.45) is 2.90. The van der Waals surface area contributed by atoms with Crippen molar-refractivity contribution in [2.24, 2.45) is 0 Å². The minimum Gasteiger partial charge on any atom is -0.324 e. The number of anilines is 3. The molecule has 5 nitrogen and oxygen atoms in total. The Kier molecular flexibility index (Phi) is 5.40. The smallest absolute Gasteiger partial charge is 0.258 e. The summed E-state index contributed by atoms with van der Waals surface area (Å²) in [7, 11) is 0. The SMILES string of the molecule is Cc1cc(C)c(NC(=O)c2cnc(Nc3cccc(Cl)c3)nc2)c(Cl)c1. The number of rotatable bonds is 4. The minimum atomic E-state index is -0.326. The van der Waals surface area contributed by atoms with Gasteiger partial charge in [0.15, 0.2) is 0 Å². The molecule has 3 rings (SSSR count). The lowest BCUT2D eigenvalue weighted by atomic mass is 10.1. The number of aryl methyl sites for hydroxylation is 2. The largest absolute Gasteiger partial charge is 0.324 e. The standard InChI is InChI=1S/C19H16Cl2N4O/c1-11-6-12(2)17(16(21)7-11)25-18(26)13-9-22-19(23-10-13)24-15-5-3-4-14(20)8-15/h3-10H,1-2H3,(H,25,26)(H,22,23,24). The number of aromatic nitrogens is 2. The van der Waals surface area contributed by atoms with E-state index in [1.165, 1.54) is 12.4 Å². The number of nitrogens with zero attached hydrogens (tertiary/aromatic N) is 2. The fourth-order valence-corrected chi connectivity index (χ4v) is 3.02. The van der Waals surface area contributed by atoms with Crippen molar-refractivity contribution in [1.29, 1.82) is 0 Å². The van der Waals surface area contributed by atoms with Gasteiger partial charge in [-0.2, -0.15) is 0 Å². The third kappa shape index (κ3) is 4.31. The van der Waals surface area contributed by atoms with Gasteiger partial charge in [0, 0.05) is 23.1 Å². The Morgan fingerprint density at radius 2 is 1.77 bits per heavy atom. The maximum Gasteiger partial charge on any atom is 0.258 e. The van der Waals surface area contributed by atoms with Crippen molar-refractivity contribution in [3.05, 3.63) is 75.5 Å². The van der Waals surface area contributed by atoms with Crippen LogP contribution in [-0.4, -0.2) is 15.9 Å². The Morgan fingerprint density at radius 1 is 1.04 bits per heavy atom. The summed E-state index contributed by atoms with van der Waals surface area (Å²) < 4.78 is 0. The Bertz CT molecular complexity index is 935. The van der Waals surface area contributed by atoms with Crippen molar-refractivity contribution in [3.8, 4) is 0 Å². The molecule has 0 aliphatic rings. The van der Waals surface area contributed by atoms with E-state index in [0.29, 0.717) is 27.2 Å². The van der Waals surface area contributed by atoms with Crippen LogP contribution in [0.25, 0.3) is 0 Å². The van der Waals surface area contributed by atoms with Gasteiger partial charge in [-0.3, -0.25) is 4.79 Å². The molecule has 2 aromatic carbocycles. The van der Waals surface area contributed by atoms with Gasteiger partial charge in [0.1, 0.15) is 0 Å². The molecule has 132 valence electrons. The first-order valence-electron chi connectivity index (χ1n) is 7.85. The molecule has 1 heterocycles. The molecule has 2 N–H and O–H groups in total. The lowest BCUT2D eigenvalue weighted by Crippen LogP contribution is -2.14. The van der Waals surface area contributed by atoms with Gasteiger partial charge in [-0.05, 0) is 49.2 Å². The van der Waals surface area contributed by atoms with E-state index in [-0.39, 0.29) is 5.91 Å². The van der Waals surface area contributed by atoms with Gasteiger partial charge in [-0.15, -0.1) is 0 Å². The molecule has 1 aromatic heterocycles. The first kappa shape index (κ1) is 18.2. The highest BCUT2D eigenvalue weighted by Gasteiger charge is 2.12. The van der Waals surface area contributed by atoms with E-state index < -0.39 is 0 Å². The maximum absolute atomic E-state index is 12.4. The lowest BCUT2D eigenvalue weighted by molar-refractivity contribution is 0.102. The Hall–Kier alpha value is -2.63. The van der Waals surface area contributed by atoms with Crippen LogP contribution in [0.15, 0.2) is 48.8 Å². The second-order valence-electron chi connectivity index (χ2n) is 5.82. The average molecular weight is 387 g/mol. The third-order valence-corrected chi connectivity index (χ3v) is 4.20. The monoisotopic (exact) mass is 386 g/mol. The number of amides is 1. The molecule has 0 radical (unpaired) electrons. The van der Waals surface area contributed by atoms with Crippen molar-refractivity contribution in [1.82, 2.24) is 9.97 Å². The second kappa shape index (κ2) is 7.72. The molecule has 26 heavy (non-hydrogen) atoms. The van der Waals surface area contributed by atoms with E-state index in [1.807, 2.05) is 32.0 Å². The number of benzene rings is 2. The first-order valence-corrected chi connectivity index (χ1v) is 8.61. The fraction of sp³-hybridized carbons (Fsp3) is 0.105. The maximum atomic E-state index is 12.4. The number of halogens is 2. The van der Waals surface area contributed by atoms with Crippen LogP contribution in [0.4, 0.5) is 17.3 Å². The summed E-state index contributed by atoms with van der Waals surface area (Å²) in [5, 5.41) is 6.94. The molecule has 0 saturated heterocycles. The predicted octanol–water partition coefficient (Wildman–Crippen LogP) is 5.40. The van der Waals surface area contributed by atoms with Gasteiger partial charge in [0.2, 0.25) is 5.95 Å². The van der Waals surface area contributed by atoms with E-state index >= 15 is 0 Å². The Morgan fingerprint density at radius 3 is 2.42 bits per heavy atom. The fourth-order valence-electron chi connectivity index (χ4n) is 2.46. The molecule has 3 aromatic rings. The van der Waals surface area contributed by atoms with E-state index in [0.717, 1.165) is 16.8 Å². The highest BCUT2D eigenvalue weighted by Crippen LogP contribution is 2.27. The van der Waals surface area contributed by atoms with E-state index in [9.17, 15) is 4.79 Å². The third-order valence-electron chi connectivity index (χ3n) is 3.67. The van der Waals surface area contributed by atoms with Crippen molar-refractivity contribution in [2.75, 3.05) is 10.6 Å². The predicted molar refractivity (Wildman–Crippen MR) is 106 cm³/mol. The van der Waals surface area contributed by atoms with Gasteiger partial charge in [-0.25, -0.2) is 9.97 Å². The number of carbonyl (C=O) groups is 1. The number of nitrogens with one attached hydrogen (secondary N) is 2. The zero-order chi connectivity index (χ0) is 18.7. The van der Waals surface area contributed by atoms with Gasteiger partial charge in [0.05, 0.1) is 16.3 Å². The van der Waals surface area contributed by atoms with Crippen LogP contribution in [0.1, 0.15) is 21.5 Å². The quantitative estimate of drug-likeness (QED) is 0.629. The Labute approximate surface area is 161 Å². The summed E-state index contributed by atoms with van der Waals surface area (Å²) in [5.41, 5.74) is 3.60. The summed E-state index contributed by atoms with van der Waals surface area (Å²) in [5.74, 6) is 0.0431. The molecule has 0 bridgehead atoms. The van der Waals surface area contributed by atoms with Crippen LogP contribution in [-0.2, 0) is 0 Å². The highest BCUT2D eigenvalue weighted by molar-refractivity contribution is 6.34. The topological polar surface area (TPSA) is 66.9 Å². The van der Waals surface area contributed by atoms with Crippen LogP contribution >= 0.6 is 23.2 Å². The van der Waals surface area contributed by atoms with Crippen LogP contribution < -0.4 is 10.6 Å². The van der Waals surface area contributed by atoms with E-state index in [1.54, 1.807) is 18.2 Å². The van der Waals surface area contributed by atoms with Gasteiger partial charge in [0.25, 0.3) is 5.91 Å². The number of hydrogen-bond donors (Lipinski definition) is 2. The molecule has 0 aliphatic carbocycles. The summed E-state index contributed by atoms with van der Waals surface area (Å²) in [4.78, 5) is 20.8. The Balaban J connectivity index is 1.73. The van der Waals surface area contributed by atoms with Crippen molar-refractivity contribution in [2.45, 2.75) is 13.8 Å². The molecule has 0 aliphatic heterocycles. The molecule has 7 heteroatoms. The minimum absolute atomic E-state index is 0.326. The molecule has 0 spiro atoms. The van der Waals surface area contributed by atoms with Gasteiger partial charge in [-0.1, -0.05) is 35.3 Å². The molecule has 0 atom stereocenters. The summed E-state index contributed by atoms with van der Waals surface area (Å²) in [6.45, 7) is 3.84.